The van der Waals surface area contributed by atoms with Crippen molar-refractivity contribution in [1.29, 1.82) is 0 Å². The topological polar surface area (TPSA) is 43.4 Å². The molecule has 0 aliphatic heterocycles. The Labute approximate surface area is 76.4 Å². The number of rotatable bonds is 4. The Kier molecular flexibility index (Phi) is 3.62. The molecule has 14 heavy (non-hydrogen) atoms. The molecule has 3 nitrogen and oxygen atoms in total. The number of hydrogen-bond donors (Lipinski definition) is 0. The molecule has 0 fully saturated rings. The highest BCUT2D eigenvalue weighted by Gasteiger charge is 2.68. The van der Waals surface area contributed by atoms with Crippen LogP contribution in [-0.2, 0) is 15.0 Å². The van der Waals surface area contributed by atoms with E-state index in [0.717, 1.165) is 0 Å². The smallest absolute Gasteiger partial charge is 0.321 e. The van der Waals surface area contributed by atoms with Crippen molar-refractivity contribution in [3.63, 3.8) is 0 Å². The summed E-state index contributed by atoms with van der Waals surface area (Å²) in [5.41, 5.74) is 0. The molecule has 0 bridgehead atoms. The largest absolute Gasteiger partial charge is 0.467 e. The van der Waals surface area contributed by atoms with Gasteiger partial charge < -0.3 is 4.74 Å². The Morgan fingerprint density at radius 2 is 1.71 bits per heavy atom. The molecule has 1 unspecified atom stereocenters. The van der Waals surface area contributed by atoms with E-state index < -0.39 is 28.2 Å². The van der Waals surface area contributed by atoms with Gasteiger partial charge in [0, 0.05) is 0 Å². The van der Waals surface area contributed by atoms with Gasteiger partial charge in [-0.1, -0.05) is 9.96 Å². The summed E-state index contributed by atoms with van der Waals surface area (Å²) >= 11 is 0. The van der Waals surface area contributed by atoms with E-state index in [4.69, 9.17) is 0 Å². The fourth-order valence-corrected chi connectivity index (χ4v) is 0.942. The minimum absolute atomic E-state index is 0.644. The van der Waals surface area contributed by atoms with Crippen LogP contribution in [0, 0.1) is 0 Å². The van der Waals surface area contributed by atoms with E-state index in [-0.39, 0.29) is 0 Å². The van der Waals surface area contributed by atoms with E-state index >= 15 is 0 Å². The SMILES string of the molecule is C=CCOC(F)(C(F)(F)F)S(=O)(=O)F. The van der Waals surface area contributed by atoms with E-state index in [1.165, 1.54) is 0 Å². The number of halogens is 5. The summed E-state index contributed by atoms with van der Waals surface area (Å²) in [6.07, 6.45) is -5.37. The number of alkyl halides is 4. The molecule has 0 radical (unpaired) electrons. The number of hydrogen-bond acceptors (Lipinski definition) is 3. The van der Waals surface area contributed by atoms with Gasteiger partial charge in [-0.15, -0.1) is 6.58 Å². The van der Waals surface area contributed by atoms with Gasteiger partial charge in [0.1, 0.15) is 0 Å². The lowest BCUT2D eigenvalue weighted by Gasteiger charge is -2.22. The van der Waals surface area contributed by atoms with Gasteiger partial charge in [-0.05, 0) is 0 Å². The standard InChI is InChI=1S/C5H5F5O3S/c1-2-3-13-5(9,4(6,7)8)14(10,11)12/h2H,1,3H2. The Morgan fingerprint density at radius 1 is 1.29 bits per heavy atom. The molecule has 84 valence electrons. The Hall–Kier alpha value is -0.700. The summed E-state index contributed by atoms with van der Waals surface area (Å²) in [4.78, 5) is 0. The van der Waals surface area contributed by atoms with Crippen molar-refractivity contribution in [3.05, 3.63) is 12.7 Å². The lowest BCUT2D eigenvalue weighted by molar-refractivity contribution is -0.287. The van der Waals surface area contributed by atoms with Gasteiger partial charge in [-0.3, -0.25) is 0 Å². The van der Waals surface area contributed by atoms with Crippen molar-refractivity contribution in [3.8, 4) is 0 Å². The van der Waals surface area contributed by atoms with Crippen molar-refractivity contribution in [1.82, 2.24) is 0 Å². The maximum absolute atomic E-state index is 12.6. The average Bonchev–Trinajstić information content (AvgIpc) is 1.95. The zero-order valence-corrected chi connectivity index (χ0v) is 7.33. The van der Waals surface area contributed by atoms with E-state index in [0.29, 0.717) is 6.08 Å². The third-order valence-corrected chi connectivity index (χ3v) is 2.02. The van der Waals surface area contributed by atoms with Crippen LogP contribution in [0.4, 0.5) is 21.4 Å². The monoisotopic (exact) mass is 240 g/mol. The molecule has 0 saturated carbocycles. The Balaban J connectivity index is 5.18. The lowest BCUT2D eigenvalue weighted by atomic mass is 10.6. The quantitative estimate of drug-likeness (QED) is 0.426. The second-order valence-electron chi connectivity index (χ2n) is 2.07. The van der Waals surface area contributed by atoms with Crippen LogP contribution in [0.25, 0.3) is 0 Å². The molecule has 1 atom stereocenters. The van der Waals surface area contributed by atoms with Gasteiger partial charge in [-0.25, -0.2) is 0 Å². The van der Waals surface area contributed by atoms with Gasteiger partial charge in [0.15, 0.2) is 0 Å². The minimum atomic E-state index is -6.56. The molecule has 0 heterocycles. The molecular formula is C5H5F5O3S. The van der Waals surface area contributed by atoms with E-state index in [2.05, 4.69) is 11.3 Å². The third-order valence-electron chi connectivity index (χ3n) is 1.04. The van der Waals surface area contributed by atoms with Crippen molar-refractivity contribution in [2.45, 2.75) is 11.4 Å². The van der Waals surface area contributed by atoms with Gasteiger partial charge in [0.2, 0.25) is 0 Å². The van der Waals surface area contributed by atoms with Crippen LogP contribution in [0.2, 0.25) is 0 Å². The second-order valence-corrected chi connectivity index (χ2v) is 3.47. The molecule has 0 aliphatic carbocycles. The van der Waals surface area contributed by atoms with Crippen LogP contribution in [0.3, 0.4) is 0 Å². The van der Waals surface area contributed by atoms with Gasteiger partial charge in [-0.2, -0.15) is 26.0 Å². The summed E-state index contributed by atoms with van der Waals surface area (Å²) < 4.78 is 82.9. The molecule has 0 aliphatic rings. The van der Waals surface area contributed by atoms with E-state index in [1.807, 2.05) is 0 Å². The Morgan fingerprint density at radius 3 is 1.93 bits per heavy atom. The molecule has 0 aromatic rings. The first-order valence-electron chi connectivity index (χ1n) is 3.01. The van der Waals surface area contributed by atoms with Crippen molar-refractivity contribution >= 4 is 10.2 Å². The van der Waals surface area contributed by atoms with Crippen LogP contribution in [0.1, 0.15) is 0 Å². The molecule has 0 aromatic carbocycles. The van der Waals surface area contributed by atoms with E-state index in [1.54, 1.807) is 0 Å². The van der Waals surface area contributed by atoms with Gasteiger partial charge in [0.25, 0.3) is 0 Å². The molecular weight excluding hydrogens is 235 g/mol. The lowest BCUT2D eigenvalue weighted by Crippen LogP contribution is -2.48. The maximum atomic E-state index is 12.6. The second kappa shape index (κ2) is 3.81. The first-order chi connectivity index (χ1) is 6.06. The zero-order chi connectivity index (χ0) is 11.6. The highest BCUT2D eigenvalue weighted by molar-refractivity contribution is 7.87. The first-order valence-corrected chi connectivity index (χ1v) is 4.39. The van der Waals surface area contributed by atoms with Crippen molar-refractivity contribution in [2.24, 2.45) is 0 Å². The average molecular weight is 240 g/mol. The molecule has 0 rings (SSSR count). The van der Waals surface area contributed by atoms with Crippen LogP contribution in [0.5, 0.6) is 0 Å². The summed E-state index contributed by atoms with van der Waals surface area (Å²) in [5, 5.41) is -5.34. The van der Waals surface area contributed by atoms with Crippen LogP contribution >= 0.6 is 0 Å². The highest BCUT2D eigenvalue weighted by atomic mass is 32.3. The van der Waals surface area contributed by atoms with Crippen LogP contribution in [0.15, 0.2) is 12.7 Å². The normalized spacial score (nSPS) is 17.5. The molecule has 0 N–H and O–H groups in total. The molecule has 0 saturated heterocycles. The van der Waals surface area contributed by atoms with E-state index in [9.17, 15) is 29.9 Å². The highest BCUT2D eigenvalue weighted by Crippen LogP contribution is 2.40. The Bertz CT molecular complexity index is 308. The van der Waals surface area contributed by atoms with Gasteiger partial charge in [0.05, 0.1) is 6.61 Å². The van der Waals surface area contributed by atoms with Crippen LogP contribution < -0.4 is 0 Å². The predicted molar refractivity (Wildman–Crippen MR) is 36.1 cm³/mol. The summed E-state index contributed by atoms with van der Waals surface area (Å²) in [6.45, 7) is 1.75. The molecule has 9 heteroatoms. The fraction of sp³-hybridized carbons (Fsp3) is 0.600. The minimum Gasteiger partial charge on any atom is -0.321 e. The maximum Gasteiger partial charge on any atom is 0.467 e. The van der Waals surface area contributed by atoms with Gasteiger partial charge >= 0.3 is 21.6 Å². The van der Waals surface area contributed by atoms with Crippen molar-refractivity contribution < 1.29 is 34.6 Å². The summed E-state index contributed by atoms with van der Waals surface area (Å²) in [5.74, 6) is 0. The summed E-state index contributed by atoms with van der Waals surface area (Å²) in [6, 6.07) is 0. The summed E-state index contributed by atoms with van der Waals surface area (Å²) in [7, 11) is -6.56. The molecule has 0 amide bonds. The number of ether oxygens (including phenoxy) is 1. The molecule has 0 spiro atoms. The molecule has 0 aromatic heterocycles. The fourth-order valence-electron chi connectivity index (χ4n) is 0.457. The van der Waals surface area contributed by atoms with Crippen molar-refractivity contribution in [2.75, 3.05) is 6.61 Å². The zero-order valence-electron chi connectivity index (χ0n) is 6.51. The first kappa shape index (κ1) is 13.3. The third kappa shape index (κ3) is 2.41. The van der Waals surface area contributed by atoms with Crippen LogP contribution in [-0.4, -0.2) is 26.4 Å². The predicted octanol–water partition coefficient (Wildman–Crippen LogP) is 1.67.